The van der Waals surface area contributed by atoms with E-state index in [4.69, 9.17) is 0 Å². The highest BCUT2D eigenvalue weighted by Gasteiger charge is 2.20. The average molecular weight is 305 g/mol. The fraction of sp³-hybridized carbons (Fsp3) is 0.688. The molecule has 0 unspecified atom stereocenters. The summed E-state index contributed by atoms with van der Waals surface area (Å²) in [4.78, 5) is 22.7. The number of amides is 1. The van der Waals surface area contributed by atoms with Crippen molar-refractivity contribution in [1.29, 1.82) is 0 Å². The van der Waals surface area contributed by atoms with Gasteiger partial charge in [0.25, 0.3) is 0 Å². The predicted octanol–water partition coefficient (Wildman–Crippen LogP) is 2.04. The molecule has 2 rings (SSSR count). The third-order valence-corrected chi connectivity index (χ3v) is 3.73. The van der Waals surface area contributed by atoms with E-state index in [9.17, 15) is 4.79 Å². The maximum Gasteiger partial charge on any atom is 0.225 e. The summed E-state index contributed by atoms with van der Waals surface area (Å²) in [6, 6.07) is 1.98. The first-order valence-electron chi connectivity index (χ1n) is 8.06. The standard InChI is InChI=1S/C16H27N5O/c1-16(2,3)15(22)18-8-7-17-13-11-14(20-12-19-13)21-9-5-4-6-10-21/h11-12H,4-10H2,1-3H3,(H,18,22)(H,17,19,20). The highest BCUT2D eigenvalue weighted by molar-refractivity contribution is 5.81. The number of carbonyl (C=O) groups excluding carboxylic acids is 1. The number of aromatic nitrogens is 2. The summed E-state index contributed by atoms with van der Waals surface area (Å²) in [5.74, 6) is 1.85. The summed E-state index contributed by atoms with van der Waals surface area (Å²) in [5, 5.41) is 6.15. The highest BCUT2D eigenvalue weighted by Crippen LogP contribution is 2.18. The Bertz CT molecular complexity index is 492. The highest BCUT2D eigenvalue weighted by atomic mass is 16.2. The summed E-state index contributed by atoms with van der Waals surface area (Å²) in [7, 11) is 0. The van der Waals surface area contributed by atoms with Gasteiger partial charge in [-0.2, -0.15) is 0 Å². The van der Waals surface area contributed by atoms with E-state index >= 15 is 0 Å². The van der Waals surface area contributed by atoms with Gasteiger partial charge in [-0.25, -0.2) is 9.97 Å². The topological polar surface area (TPSA) is 70.2 Å². The first-order valence-corrected chi connectivity index (χ1v) is 8.06. The lowest BCUT2D eigenvalue weighted by molar-refractivity contribution is -0.128. The minimum atomic E-state index is -0.351. The second kappa shape index (κ2) is 7.42. The van der Waals surface area contributed by atoms with Crippen LogP contribution in [0, 0.1) is 5.41 Å². The van der Waals surface area contributed by atoms with Crippen molar-refractivity contribution in [1.82, 2.24) is 15.3 Å². The second-order valence-corrected chi connectivity index (χ2v) is 6.74. The Morgan fingerprint density at radius 1 is 1.18 bits per heavy atom. The van der Waals surface area contributed by atoms with Gasteiger partial charge in [0.2, 0.25) is 5.91 Å². The van der Waals surface area contributed by atoms with E-state index in [2.05, 4.69) is 25.5 Å². The Hall–Kier alpha value is -1.85. The van der Waals surface area contributed by atoms with Crippen molar-refractivity contribution in [3.8, 4) is 0 Å². The number of piperidine rings is 1. The summed E-state index contributed by atoms with van der Waals surface area (Å²) < 4.78 is 0. The van der Waals surface area contributed by atoms with E-state index in [0.717, 1.165) is 24.7 Å². The van der Waals surface area contributed by atoms with Crippen LogP contribution in [-0.2, 0) is 4.79 Å². The molecule has 1 aromatic rings. The number of carbonyl (C=O) groups is 1. The summed E-state index contributed by atoms with van der Waals surface area (Å²) >= 11 is 0. The lowest BCUT2D eigenvalue weighted by atomic mass is 9.96. The molecule has 0 aliphatic carbocycles. The number of nitrogens with one attached hydrogen (secondary N) is 2. The maximum absolute atomic E-state index is 11.8. The van der Waals surface area contributed by atoms with Crippen LogP contribution in [0.4, 0.5) is 11.6 Å². The Labute approximate surface area is 132 Å². The lowest BCUT2D eigenvalue weighted by Gasteiger charge is -2.27. The molecule has 0 atom stereocenters. The van der Waals surface area contributed by atoms with Crippen LogP contribution in [0.3, 0.4) is 0 Å². The molecule has 1 saturated heterocycles. The number of rotatable bonds is 5. The molecule has 6 heteroatoms. The SMILES string of the molecule is CC(C)(C)C(=O)NCCNc1cc(N2CCCCC2)ncn1. The van der Waals surface area contributed by atoms with Crippen LogP contribution in [0.25, 0.3) is 0 Å². The largest absolute Gasteiger partial charge is 0.368 e. The van der Waals surface area contributed by atoms with E-state index in [-0.39, 0.29) is 11.3 Å². The normalized spacial score (nSPS) is 15.5. The van der Waals surface area contributed by atoms with Gasteiger partial charge in [-0.15, -0.1) is 0 Å². The van der Waals surface area contributed by atoms with Crippen molar-refractivity contribution in [3.05, 3.63) is 12.4 Å². The molecule has 1 amide bonds. The molecule has 0 spiro atoms. The third-order valence-electron chi connectivity index (χ3n) is 3.73. The monoisotopic (exact) mass is 305 g/mol. The summed E-state index contributed by atoms with van der Waals surface area (Å²) in [6.45, 7) is 9.09. The Morgan fingerprint density at radius 2 is 1.91 bits per heavy atom. The van der Waals surface area contributed by atoms with Crippen molar-refractivity contribution in [2.75, 3.05) is 36.4 Å². The van der Waals surface area contributed by atoms with Gasteiger partial charge < -0.3 is 15.5 Å². The fourth-order valence-electron chi connectivity index (χ4n) is 2.37. The molecule has 1 aromatic heterocycles. The van der Waals surface area contributed by atoms with E-state index in [1.165, 1.54) is 19.3 Å². The van der Waals surface area contributed by atoms with Gasteiger partial charge in [0.05, 0.1) is 0 Å². The molecule has 2 N–H and O–H groups in total. The molecule has 22 heavy (non-hydrogen) atoms. The average Bonchev–Trinajstić information content (AvgIpc) is 2.51. The van der Waals surface area contributed by atoms with Gasteiger partial charge in [0.1, 0.15) is 18.0 Å². The molecule has 1 fully saturated rings. The molecule has 1 aliphatic heterocycles. The zero-order chi connectivity index (χ0) is 16.0. The Balaban J connectivity index is 1.79. The van der Waals surface area contributed by atoms with E-state index < -0.39 is 0 Å². The van der Waals surface area contributed by atoms with Crippen molar-refractivity contribution < 1.29 is 4.79 Å². The minimum absolute atomic E-state index is 0.0611. The number of anilines is 2. The van der Waals surface area contributed by atoms with Crippen molar-refractivity contribution in [3.63, 3.8) is 0 Å². The van der Waals surface area contributed by atoms with Gasteiger partial charge in [-0.05, 0) is 19.3 Å². The zero-order valence-electron chi connectivity index (χ0n) is 13.9. The van der Waals surface area contributed by atoms with Crippen molar-refractivity contribution >= 4 is 17.5 Å². The molecule has 0 aromatic carbocycles. The van der Waals surface area contributed by atoms with Crippen LogP contribution >= 0.6 is 0 Å². The fourth-order valence-corrected chi connectivity index (χ4v) is 2.37. The number of hydrogen-bond acceptors (Lipinski definition) is 5. The number of nitrogens with zero attached hydrogens (tertiary/aromatic N) is 3. The maximum atomic E-state index is 11.8. The first-order chi connectivity index (χ1) is 10.5. The smallest absolute Gasteiger partial charge is 0.225 e. The molecule has 0 saturated carbocycles. The zero-order valence-corrected chi connectivity index (χ0v) is 13.9. The summed E-state index contributed by atoms with van der Waals surface area (Å²) in [6.07, 6.45) is 5.36. The molecule has 0 radical (unpaired) electrons. The van der Waals surface area contributed by atoms with Crippen LogP contribution in [0.1, 0.15) is 40.0 Å². The molecule has 122 valence electrons. The van der Waals surface area contributed by atoms with Gasteiger partial charge in [0, 0.05) is 37.7 Å². The van der Waals surface area contributed by atoms with Gasteiger partial charge >= 0.3 is 0 Å². The predicted molar refractivity (Wildman–Crippen MR) is 89.1 cm³/mol. The van der Waals surface area contributed by atoms with Gasteiger partial charge in [0.15, 0.2) is 0 Å². The number of hydrogen-bond donors (Lipinski definition) is 2. The Kier molecular flexibility index (Phi) is 5.57. The second-order valence-electron chi connectivity index (χ2n) is 6.74. The van der Waals surface area contributed by atoms with Gasteiger partial charge in [-0.3, -0.25) is 4.79 Å². The minimum Gasteiger partial charge on any atom is -0.368 e. The van der Waals surface area contributed by atoms with Crippen molar-refractivity contribution in [2.45, 2.75) is 40.0 Å². The van der Waals surface area contributed by atoms with Crippen LogP contribution in [-0.4, -0.2) is 42.1 Å². The van der Waals surface area contributed by atoms with Crippen LogP contribution in [0.15, 0.2) is 12.4 Å². The van der Waals surface area contributed by atoms with Crippen LogP contribution < -0.4 is 15.5 Å². The van der Waals surface area contributed by atoms with Crippen LogP contribution in [0.2, 0.25) is 0 Å². The molecule has 2 heterocycles. The quantitative estimate of drug-likeness (QED) is 0.815. The van der Waals surface area contributed by atoms with Gasteiger partial charge in [-0.1, -0.05) is 20.8 Å². The first kappa shape index (κ1) is 16.5. The van der Waals surface area contributed by atoms with E-state index in [1.54, 1.807) is 6.33 Å². The van der Waals surface area contributed by atoms with E-state index in [1.807, 2.05) is 26.8 Å². The molecular weight excluding hydrogens is 278 g/mol. The third kappa shape index (κ3) is 4.86. The summed E-state index contributed by atoms with van der Waals surface area (Å²) in [5.41, 5.74) is -0.351. The molecule has 0 bridgehead atoms. The van der Waals surface area contributed by atoms with E-state index in [0.29, 0.717) is 13.1 Å². The molecular formula is C16H27N5O. The van der Waals surface area contributed by atoms with Crippen molar-refractivity contribution in [2.24, 2.45) is 5.41 Å². The Morgan fingerprint density at radius 3 is 2.59 bits per heavy atom. The lowest BCUT2D eigenvalue weighted by Crippen LogP contribution is -2.37. The molecule has 1 aliphatic rings. The molecule has 6 nitrogen and oxygen atoms in total. The van der Waals surface area contributed by atoms with Crippen LogP contribution in [0.5, 0.6) is 0 Å².